The first-order chi connectivity index (χ1) is 13.2. The molecular formula is C22H19ClN2O2. The number of hydrogen-bond acceptors (Lipinski definition) is 3. The van der Waals surface area contributed by atoms with Crippen molar-refractivity contribution in [3.05, 3.63) is 88.9 Å². The van der Waals surface area contributed by atoms with Gasteiger partial charge in [0.05, 0.1) is 17.3 Å². The summed E-state index contributed by atoms with van der Waals surface area (Å²) in [7, 11) is 0. The van der Waals surface area contributed by atoms with Crippen LogP contribution in [0.5, 0.6) is 5.75 Å². The molecular weight excluding hydrogens is 360 g/mol. The highest BCUT2D eigenvalue weighted by Gasteiger charge is 2.37. The Bertz CT molecular complexity index is 972. The molecule has 3 aromatic rings. The molecule has 0 bridgehead atoms. The molecule has 0 fully saturated rings. The smallest absolute Gasteiger partial charge is 0.260 e. The number of nitrogens with zero attached hydrogens (tertiary/aromatic N) is 1. The molecule has 1 amide bonds. The van der Waals surface area contributed by atoms with Crippen LogP contribution in [-0.2, 0) is 0 Å². The summed E-state index contributed by atoms with van der Waals surface area (Å²) < 4.78 is 5.51. The molecule has 5 heteroatoms. The Hall–Kier alpha value is -2.98. The number of benzene rings is 3. The molecule has 1 N–H and O–H groups in total. The molecule has 136 valence electrons. The number of carbonyl (C=O) groups is 1. The van der Waals surface area contributed by atoms with Crippen molar-refractivity contribution in [1.29, 1.82) is 0 Å². The van der Waals surface area contributed by atoms with E-state index in [0.717, 1.165) is 22.7 Å². The van der Waals surface area contributed by atoms with Crippen molar-refractivity contribution < 1.29 is 9.53 Å². The van der Waals surface area contributed by atoms with Crippen LogP contribution in [0.1, 0.15) is 29.0 Å². The zero-order chi connectivity index (χ0) is 18.8. The van der Waals surface area contributed by atoms with Gasteiger partial charge < -0.3 is 10.1 Å². The zero-order valence-corrected chi connectivity index (χ0v) is 15.6. The van der Waals surface area contributed by atoms with Gasteiger partial charge in [0.2, 0.25) is 0 Å². The Morgan fingerprint density at radius 1 is 1.00 bits per heavy atom. The summed E-state index contributed by atoms with van der Waals surface area (Å²) in [6.45, 7) is 2.54. The summed E-state index contributed by atoms with van der Waals surface area (Å²) in [6, 6.07) is 22.7. The van der Waals surface area contributed by atoms with Crippen LogP contribution in [-0.4, -0.2) is 12.5 Å². The van der Waals surface area contributed by atoms with Gasteiger partial charge in [0.15, 0.2) is 0 Å². The van der Waals surface area contributed by atoms with E-state index >= 15 is 0 Å². The lowest BCUT2D eigenvalue weighted by molar-refractivity contribution is 0.0993. The van der Waals surface area contributed by atoms with Crippen molar-refractivity contribution in [3.63, 3.8) is 0 Å². The van der Waals surface area contributed by atoms with Crippen molar-refractivity contribution in [2.45, 2.75) is 13.1 Å². The van der Waals surface area contributed by atoms with Crippen molar-refractivity contribution in [1.82, 2.24) is 0 Å². The molecule has 1 unspecified atom stereocenters. The fourth-order valence-corrected chi connectivity index (χ4v) is 3.51. The maximum atomic E-state index is 13.1. The van der Waals surface area contributed by atoms with E-state index in [2.05, 4.69) is 5.32 Å². The normalized spacial score (nSPS) is 15.6. The van der Waals surface area contributed by atoms with Gasteiger partial charge in [0.1, 0.15) is 11.9 Å². The predicted molar refractivity (Wildman–Crippen MR) is 109 cm³/mol. The first-order valence-electron chi connectivity index (χ1n) is 8.85. The molecule has 0 aliphatic carbocycles. The van der Waals surface area contributed by atoms with E-state index in [1.807, 2.05) is 79.7 Å². The highest BCUT2D eigenvalue weighted by atomic mass is 35.5. The summed E-state index contributed by atoms with van der Waals surface area (Å²) in [6.07, 6.45) is -0.341. The van der Waals surface area contributed by atoms with Gasteiger partial charge in [0, 0.05) is 16.8 Å². The lowest BCUT2D eigenvalue weighted by Crippen LogP contribution is -2.32. The number of fused-ring (bicyclic) bond motifs is 1. The second kappa shape index (κ2) is 7.33. The Balaban J connectivity index is 1.74. The number of hydrogen-bond donors (Lipinski definition) is 1. The topological polar surface area (TPSA) is 41.6 Å². The first-order valence-corrected chi connectivity index (χ1v) is 9.23. The van der Waals surface area contributed by atoms with Crippen LogP contribution >= 0.6 is 11.6 Å². The van der Waals surface area contributed by atoms with Crippen LogP contribution in [0.4, 0.5) is 11.4 Å². The number of para-hydroxylation sites is 1. The number of anilines is 2. The van der Waals surface area contributed by atoms with Gasteiger partial charge in [-0.15, -0.1) is 0 Å². The third-order valence-corrected chi connectivity index (χ3v) is 4.88. The molecule has 0 radical (unpaired) electrons. The van der Waals surface area contributed by atoms with Gasteiger partial charge in [-0.2, -0.15) is 0 Å². The van der Waals surface area contributed by atoms with Crippen LogP contribution in [0.3, 0.4) is 0 Å². The van der Waals surface area contributed by atoms with Crippen LogP contribution in [0.25, 0.3) is 0 Å². The Morgan fingerprint density at radius 2 is 1.70 bits per heavy atom. The molecule has 1 aliphatic heterocycles. The Morgan fingerprint density at radius 3 is 2.44 bits per heavy atom. The molecule has 0 saturated carbocycles. The summed E-state index contributed by atoms with van der Waals surface area (Å²) in [5.41, 5.74) is 3.20. The SMILES string of the molecule is CCOc1ccc(N2C(=O)c3ccccc3C2Nc2ccccc2Cl)cc1. The second-order valence-electron chi connectivity index (χ2n) is 6.22. The maximum absolute atomic E-state index is 13.1. The largest absolute Gasteiger partial charge is 0.494 e. The standard InChI is InChI=1S/C22H19ClN2O2/c1-2-27-16-13-11-15(12-14-16)25-21(24-20-10-6-5-9-19(20)23)17-7-3-4-8-18(17)22(25)26/h3-14,21,24H,2H2,1H3. The third-order valence-electron chi connectivity index (χ3n) is 4.55. The zero-order valence-electron chi connectivity index (χ0n) is 14.9. The number of halogens is 1. The fourth-order valence-electron chi connectivity index (χ4n) is 3.32. The molecule has 0 aromatic heterocycles. The van der Waals surface area contributed by atoms with Crippen LogP contribution in [0, 0.1) is 0 Å². The molecule has 4 nitrogen and oxygen atoms in total. The minimum atomic E-state index is -0.341. The highest BCUT2D eigenvalue weighted by Crippen LogP contribution is 2.39. The van der Waals surface area contributed by atoms with Crippen molar-refractivity contribution in [2.24, 2.45) is 0 Å². The van der Waals surface area contributed by atoms with Gasteiger partial charge in [-0.05, 0) is 49.4 Å². The monoisotopic (exact) mass is 378 g/mol. The number of nitrogens with one attached hydrogen (secondary N) is 1. The minimum Gasteiger partial charge on any atom is -0.494 e. The highest BCUT2D eigenvalue weighted by molar-refractivity contribution is 6.33. The van der Waals surface area contributed by atoms with E-state index in [1.165, 1.54) is 0 Å². The molecule has 4 rings (SSSR count). The first kappa shape index (κ1) is 17.4. The Labute approximate surface area is 163 Å². The summed E-state index contributed by atoms with van der Waals surface area (Å²) >= 11 is 6.33. The average Bonchev–Trinajstić information content (AvgIpc) is 2.97. The van der Waals surface area contributed by atoms with Crippen LogP contribution < -0.4 is 15.0 Å². The van der Waals surface area contributed by atoms with E-state index in [-0.39, 0.29) is 12.1 Å². The van der Waals surface area contributed by atoms with Crippen molar-refractivity contribution in [2.75, 3.05) is 16.8 Å². The van der Waals surface area contributed by atoms with Gasteiger partial charge in [-0.25, -0.2) is 0 Å². The van der Waals surface area contributed by atoms with Gasteiger partial charge >= 0.3 is 0 Å². The van der Waals surface area contributed by atoms with Gasteiger partial charge in [-0.1, -0.05) is 41.9 Å². The number of ether oxygens (including phenoxy) is 1. The fraction of sp³-hybridized carbons (Fsp3) is 0.136. The Kier molecular flexibility index (Phi) is 4.73. The van der Waals surface area contributed by atoms with Crippen molar-refractivity contribution in [3.8, 4) is 5.75 Å². The lowest BCUT2D eigenvalue weighted by Gasteiger charge is -2.27. The van der Waals surface area contributed by atoms with Gasteiger partial charge in [-0.3, -0.25) is 9.69 Å². The van der Waals surface area contributed by atoms with E-state index in [4.69, 9.17) is 16.3 Å². The summed E-state index contributed by atoms with van der Waals surface area (Å²) in [5.74, 6) is 0.736. The average molecular weight is 379 g/mol. The molecule has 1 heterocycles. The number of carbonyl (C=O) groups excluding carboxylic acids is 1. The molecule has 0 saturated heterocycles. The van der Waals surface area contributed by atoms with E-state index < -0.39 is 0 Å². The second-order valence-corrected chi connectivity index (χ2v) is 6.62. The molecule has 1 atom stereocenters. The molecule has 0 spiro atoms. The number of rotatable bonds is 5. The van der Waals surface area contributed by atoms with E-state index in [9.17, 15) is 4.79 Å². The maximum Gasteiger partial charge on any atom is 0.260 e. The van der Waals surface area contributed by atoms with Crippen LogP contribution in [0.2, 0.25) is 5.02 Å². The third kappa shape index (κ3) is 3.24. The lowest BCUT2D eigenvalue weighted by atomic mass is 10.1. The predicted octanol–water partition coefficient (Wildman–Crippen LogP) is 5.51. The summed E-state index contributed by atoms with van der Waals surface area (Å²) in [5, 5.41) is 4.04. The van der Waals surface area contributed by atoms with Gasteiger partial charge in [0.25, 0.3) is 5.91 Å². The molecule has 3 aromatic carbocycles. The van der Waals surface area contributed by atoms with Crippen LogP contribution in [0.15, 0.2) is 72.8 Å². The summed E-state index contributed by atoms with van der Waals surface area (Å²) in [4.78, 5) is 14.9. The van der Waals surface area contributed by atoms with E-state index in [0.29, 0.717) is 17.2 Å². The van der Waals surface area contributed by atoms with E-state index in [1.54, 1.807) is 4.90 Å². The quantitative estimate of drug-likeness (QED) is 0.636. The van der Waals surface area contributed by atoms with Crippen molar-refractivity contribution >= 4 is 28.9 Å². The number of amides is 1. The minimum absolute atomic E-state index is 0.0423. The molecule has 1 aliphatic rings. The molecule has 27 heavy (non-hydrogen) atoms.